The number of rotatable bonds is 0. The molecule has 5 heteroatoms. The molecule has 0 aliphatic carbocycles. The number of aliphatic hydroxyl groups excluding tert-OH is 1. The fraction of sp³-hybridized carbons (Fsp3) is 0.875. The Labute approximate surface area is 83.7 Å². The molecule has 4 nitrogen and oxygen atoms in total. The molecule has 0 bridgehead atoms. The molecule has 2 rings (SSSR count). The van der Waals surface area contributed by atoms with Crippen LogP contribution in [0, 0.1) is 0 Å². The van der Waals surface area contributed by atoms with Gasteiger partial charge in [-0.1, -0.05) is 0 Å². The molecule has 2 aliphatic heterocycles. The molecule has 2 N–H and O–H groups in total. The lowest BCUT2D eigenvalue weighted by Crippen LogP contribution is -2.37. The minimum atomic E-state index is -0.307. The van der Waals surface area contributed by atoms with Crippen molar-refractivity contribution >= 4 is 18.3 Å². The molecule has 0 saturated carbocycles. The van der Waals surface area contributed by atoms with E-state index in [1.54, 1.807) is 0 Å². The molecule has 2 atom stereocenters. The molecule has 0 radical (unpaired) electrons. The van der Waals surface area contributed by atoms with Gasteiger partial charge in [0.15, 0.2) is 0 Å². The fourth-order valence-corrected chi connectivity index (χ4v) is 2.00. The molecular formula is C8H15ClN2O2. The van der Waals surface area contributed by atoms with Crippen molar-refractivity contribution in [3.63, 3.8) is 0 Å². The normalized spacial score (nSPS) is 33.6. The van der Waals surface area contributed by atoms with Crippen LogP contribution in [0.4, 0.5) is 0 Å². The van der Waals surface area contributed by atoms with E-state index in [0.29, 0.717) is 13.0 Å². The molecule has 13 heavy (non-hydrogen) atoms. The van der Waals surface area contributed by atoms with Crippen LogP contribution in [0.25, 0.3) is 0 Å². The third kappa shape index (κ3) is 2.13. The van der Waals surface area contributed by atoms with Gasteiger partial charge in [0.2, 0.25) is 5.91 Å². The van der Waals surface area contributed by atoms with Crippen LogP contribution in [0.3, 0.4) is 0 Å². The second kappa shape index (κ2) is 4.26. The Morgan fingerprint density at radius 1 is 1.54 bits per heavy atom. The Kier molecular flexibility index (Phi) is 3.53. The molecule has 0 aromatic carbocycles. The van der Waals surface area contributed by atoms with Crippen LogP contribution < -0.4 is 5.32 Å². The van der Waals surface area contributed by atoms with Crippen molar-refractivity contribution in [2.45, 2.75) is 25.0 Å². The van der Waals surface area contributed by atoms with Gasteiger partial charge in [0.05, 0.1) is 6.10 Å². The maximum absolute atomic E-state index is 11.4. The minimum Gasteiger partial charge on any atom is -0.391 e. The Morgan fingerprint density at radius 2 is 2.31 bits per heavy atom. The molecule has 76 valence electrons. The molecule has 2 aliphatic rings. The summed E-state index contributed by atoms with van der Waals surface area (Å²) in [7, 11) is 0. The molecular weight excluding hydrogens is 192 g/mol. The van der Waals surface area contributed by atoms with Crippen LogP contribution in [0.5, 0.6) is 0 Å². The molecule has 2 heterocycles. The summed E-state index contributed by atoms with van der Waals surface area (Å²) in [6.45, 7) is 2.15. The van der Waals surface area contributed by atoms with Crippen molar-refractivity contribution in [1.82, 2.24) is 10.2 Å². The van der Waals surface area contributed by atoms with Crippen molar-refractivity contribution in [1.29, 1.82) is 0 Å². The topological polar surface area (TPSA) is 52.6 Å². The Hall–Kier alpha value is -0.320. The summed E-state index contributed by atoms with van der Waals surface area (Å²) in [6.07, 6.45) is 1.00. The van der Waals surface area contributed by atoms with Gasteiger partial charge in [0, 0.05) is 32.1 Å². The first kappa shape index (κ1) is 10.8. The van der Waals surface area contributed by atoms with Crippen molar-refractivity contribution < 1.29 is 9.90 Å². The number of hydrogen-bond donors (Lipinski definition) is 2. The van der Waals surface area contributed by atoms with Crippen LogP contribution in [-0.2, 0) is 4.79 Å². The van der Waals surface area contributed by atoms with Crippen LogP contribution in [0.15, 0.2) is 0 Å². The van der Waals surface area contributed by atoms with E-state index < -0.39 is 0 Å². The van der Waals surface area contributed by atoms with Gasteiger partial charge < -0.3 is 15.3 Å². The summed E-state index contributed by atoms with van der Waals surface area (Å²) >= 11 is 0. The lowest BCUT2D eigenvalue weighted by Gasteiger charge is -2.20. The smallest absolute Gasteiger partial charge is 0.224 e. The molecule has 2 fully saturated rings. The first-order chi connectivity index (χ1) is 5.77. The number of hydrogen-bond acceptors (Lipinski definition) is 3. The highest BCUT2D eigenvalue weighted by Crippen LogP contribution is 2.19. The number of carbonyl (C=O) groups excluding carboxylic acids is 1. The second-order valence-electron chi connectivity index (χ2n) is 3.54. The second-order valence-corrected chi connectivity index (χ2v) is 3.54. The van der Waals surface area contributed by atoms with E-state index in [4.69, 9.17) is 0 Å². The summed E-state index contributed by atoms with van der Waals surface area (Å²) in [5, 5.41) is 12.5. The van der Waals surface area contributed by atoms with E-state index in [2.05, 4.69) is 5.32 Å². The van der Waals surface area contributed by atoms with Gasteiger partial charge >= 0.3 is 0 Å². The van der Waals surface area contributed by atoms with E-state index in [1.165, 1.54) is 0 Å². The number of carbonyl (C=O) groups is 1. The van der Waals surface area contributed by atoms with Crippen LogP contribution >= 0.6 is 12.4 Å². The lowest BCUT2D eigenvalue weighted by atomic mass is 10.2. The zero-order valence-electron chi connectivity index (χ0n) is 7.40. The summed E-state index contributed by atoms with van der Waals surface area (Å²) in [5.74, 6) is 0.182. The predicted octanol–water partition coefficient (Wildman–Crippen LogP) is -0.637. The van der Waals surface area contributed by atoms with E-state index in [1.807, 2.05) is 4.90 Å². The van der Waals surface area contributed by atoms with Gasteiger partial charge in [-0.3, -0.25) is 4.79 Å². The summed E-state index contributed by atoms with van der Waals surface area (Å²) < 4.78 is 0. The van der Waals surface area contributed by atoms with Crippen molar-refractivity contribution in [2.24, 2.45) is 0 Å². The Morgan fingerprint density at radius 3 is 3.08 bits per heavy atom. The molecule has 0 spiro atoms. The maximum Gasteiger partial charge on any atom is 0.224 e. The largest absolute Gasteiger partial charge is 0.391 e. The number of halogens is 1. The zero-order valence-corrected chi connectivity index (χ0v) is 8.22. The molecule has 0 aromatic heterocycles. The molecule has 0 aromatic rings. The molecule has 1 amide bonds. The van der Waals surface area contributed by atoms with Crippen LogP contribution in [0.1, 0.15) is 12.8 Å². The summed E-state index contributed by atoms with van der Waals surface area (Å²) in [5.41, 5.74) is 0. The SMILES string of the molecule is Cl.O=C1CCNC[C@@H]2C[C@@H](O)CN12. The number of nitrogens with zero attached hydrogens (tertiary/aromatic N) is 1. The molecule has 0 unspecified atom stereocenters. The van der Waals surface area contributed by atoms with Crippen LogP contribution in [0.2, 0.25) is 0 Å². The van der Waals surface area contributed by atoms with Crippen LogP contribution in [-0.4, -0.2) is 47.7 Å². The highest BCUT2D eigenvalue weighted by atomic mass is 35.5. The van der Waals surface area contributed by atoms with Crippen molar-refractivity contribution in [2.75, 3.05) is 19.6 Å². The average Bonchev–Trinajstić information content (AvgIpc) is 2.33. The predicted molar refractivity (Wildman–Crippen MR) is 50.9 cm³/mol. The standard InChI is InChI=1S/C8H14N2O2.ClH/c11-7-3-6-4-9-2-1-8(12)10(6)5-7;/h6-7,9,11H,1-5H2;1H/t6-,7+;/m0./s1. The highest BCUT2D eigenvalue weighted by Gasteiger charge is 2.34. The third-order valence-electron chi connectivity index (χ3n) is 2.61. The van der Waals surface area contributed by atoms with Gasteiger partial charge in [-0.15, -0.1) is 12.4 Å². The minimum absolute atomic E-state index is 0. The third-order valence-corrected chi connectivity index (χ3v) is 2.61. The lowest BCUT2D eigenvalue weighted by molar-refractivity contribution is -0.131. The van der Waals surface area contributed by atoms with Gasteiger partial charge in [0.25, 0.3) is 0 Å². The van der Waals surface area contributed by atoms with E-state index in [-0.39, 0.29) is 30.5 Å². The number of amides is 1. The average molecular weight is 207 g/mol. The van der Waals surface area contributed by atoms with Gasteiger partial charge in [0.1, 0.15) is 0 Å². The summed E-state index contributed by atoms with van der Waals surface area (Å²) in [6, 6.07) is 0.231. The number of aliphatic hydroxyl groups is 1. The van der Waals surface area contributed by atoms with Crippen molar-refractivity contribution in [3.05, 3.63) is 0 Å². The van der Waals surface area contributed by atoms with Crippen molar-refractivity contribution in [3.8, 4) is 0 Å². The Balaban J connectivity index is 0.000000845. The number of nitrogens with one attached hydrogen (secondary N) is 1. The van der Waals surface area contributed by atoms with E-state index >= 15 is 0 Å². The zero-order chi connectivity index (χ0) is 8.55. The van der Waals surface area contributed by atoms with E-state index in [9.17, 15) is 9.90 Å². The first-order valence-corrected chi connectivity index (χ1v) is 4.45. The molecule has 2 saturated heterocycles. The van der Waals surface area contributed by atoms with E-state index in [0.717, 1.165) is 19.5 Å². The summed E-state index contributed by atoms with van der Waals surface area (Å²) in [4.78, 5) is 13.2. The highest BCUT2D eigenvalue weighted by molar-refractivity contribution is 5.85. The number of fused-ring (bicyclic) bond motifs is 1. The fourth-order valence-electron chi connectivity index (χ4n) is 2.00. The monoisotopic (exact) mass is 206 g/mol. The van der Waals surface area contributed by atoms with Gasteiger partial charge in [-0.25, -0.2) is 0 Å². The van der Waals surface area contributed by atoms with Gasteiger partial charge in [-0.2, -0.15) is 0 Å². The van der Waals surface area contributed by atoms with Gasteiger partial charge in [-0.05, 0) is 6.42 Å². The quantitative estimate of drug-likeness (QED) is 0.555. The first-order valence-electron chi connectivity index (χ1n) is 4.45. The maximum atomic E-state index is 11.4. The Bertz CT molecular complexity index is 201.